The zero-order valence-corrected chi connectivity index (χ0v) is 18.9. The highest BCUT2D eigenvalue weighted by atomic mass is 32.1. The average Bonchev–Trinajstić information content (AvgIpc) is 3.46. The van der Waals surface area contributed by atoms with Crippen LogP contribution in [0.15, 0.2) is 54.0 Å². The number of fused-ring (bicyclic) bond motifs is 1. The van der Waals surface area contributed by atoms with Gasteiger partial charge in [0, 0.05) is 11.7 Å². The largest absolute Gasteiger partial charge is 0.376 e. The maximum absolute atomic E-state index is 13.0. The van der Waals surface area contributed by atoms with E-state index in [0.717, 1.165) is 16.1 Å². The number of hydrogen-bond donors (Lipinski definition) is 3. The number of rotatable bonds is 6. The fourth-order valence-electron chi connectivity index (χ4n) is 3.23. The van der Waals surface area contributed by atoms with Gasteiger partial charge >= 0.3 is 0 Å². The molecule has 0 radical (unpaired) electrons. The molecular weight excluding hydrogens is 424 g/mol. The van der Waals surface area contributed by atoms with Crippen LogP contribution in [0, 0.1) is 6.92 Å². The van der Waals surface area contributed by atoms with Crippen molar-refractivity contribution in [3.05, 3.63) is 65.2 Å². The quantitative estimate of drug-likeness (QED) is 0.388. The summed E-state index contributed by atoms with van der Waals surface area (Å²) in [7, 11) is 0. The first-order valence-electron chi connectivity index (χ1n) is 10.2. The third-order valence-corrected chi connectivity index (χ3v) is 5.79. The number of pyridine rings is 1. The van der Waals surface area contributed by atoms with Crippen molar-refractivity contribution in [3.8, 4) is 10.6 Å². The van der Waals surface area contributed by atoms with Crippen molar-refractivity contribution < 1.29 is 9.59 Å². The number of carbonyl (C=O) groups excluding carboxylic acids is 2. The molecule has 4 aromatic rings. The van der Waals surface area contributed by atoms with E-state index in [-0.39, 0.29) is 18.5 Å². The molecule has 3 aromatic heterocycles. The Bertz CT molecular complexity index is 1250. The zero-order valence-electron chi connectivity index (χ0n) is 18.0. The lowest BCUT2D eigenvalue weighted by atomic mass is 10.1. The highest BCUT2D eigenvalue weighted by Gasteiger charge is 2.19. The number of carbonyl (C=O) groups is 2. The van der Waals surface area contributed by atoms with Crippen molar-refractivity contribution >= 4 is 39.9 Å². The monoisotopic (exact) mass is 448 g/mol. The fraction of sp³-hybridized carbons (Fsp3) is 0.217. The molecule has 8 nitrogen and oxygen atoms in total. The molecule has 0 aliphatic rings. The molecule has 0 aliphatic heterocycles. The van der Waals surface area contributed by atoms with Gasteiger partial charge in [0.15, 0.2) is 5.65 Å². The number of benzene rings is 1. The molecule has 2 amide bonds. The Kier molecular flexibility index (Phi) is 6.18. The van der Waals surface area contributed by atoms with Crippen LogP contribution in [0.1, 0.15) is 35.8 Å². The van der Waals surface area contributed by atoms with Crippen LogP contribution in [0.5, 0.6) is 0 Å². The zero-order chi connectivity index (χ0) is 22.7. The van der Waals surface area contributed by atoms with Gasteiger partial charge in [-0.05, 0) is 50.4 Å². The van der Waals surface area contributed by atoms with Gasteiger partial charge in [0.1, 0.15) is 0 Å². The minimum absolute atomic E-state index is 0.0286. The number of anilines is 1. The lowest BCUT2D eigenvalue weighted by Crippen LogP contribution is -2.44. The van der Waals surface area contributed by atoms with Gasteiger partial charge in [-0.1, -0.05) is 23.8 Å². The third kappa shape index (κ3) is 4.62. The van der Waals surface area contributed by atoms with Crippen LogP contribution in [0.2, 0.25) is 0 Å². The molecule has 9 heteroatoms. The number of hydrogen-bond acceptors (Lipinski definition) is 6. The molecule has 3 N–H and O–H groups in total. The summed E-state index contributed by atoms with van der Waals surface area (Å²) in [5.74, 6) is -0.789. The van der Waals surface area contributed by atoms with E-state index in [9.17, 15) is 9.59 Å². The average molecular weight is 449 g/mol. The van der Waals surface area contributed by atoms with E-state index in [4.69, 9.17) is 4.98 Å². The summed E-state index contributed by atoms with van der Waals surface area (Å²) in [6.45, 7) is 6.04. The lowest BCUT2D eigenvalue weighted by molar-refractivity contribution is -0.120. The first kappa shape index (κ1) is 21.5. The summed E-state index contributed by atoms with van der Waals surface area (Å²) in [5.41, 5.74) is 8.65. The van der Waals surface area contributed by atoms with Crippen LogP contribution in [-0.2, 0) is 4.79 Å². The van der Waals surface area contributed by atoms with Crippen LogP contribution in [0.4, 0.5) is 5.69 Å². The van der Waals surface area contributed by atoms with Crippen molar-refractivity contribution in [1.29, 1.82) is 0 Å². The third-order valence-electron chi connectivity index (χ3n) is 4.89. The topological polar surface area (TPSA) is 101 Å². The van der Waals surface area contributed by atoms with Crippen LogP contribution in [0.25, 0.3) is 21.6 Å². The molecule has 0 bridgehead atoms. The minimum Gasteiger partial charge on any atom is -0.376 e. The van der Waals surface area contributed by atoms with E-state index in [1.54, 1.807) is 28.3 Å². The van der Waals surface area contributed by atoms with Gasteiger partial charge in [0.05, 0.1) is 34.3 Å². The van der Waals surface area contributed by atoms with E-state index in [0.29, 0.717) is 22.3 Å². The first-order valence-corrected chi connectivity index (χ1v) is 11.1. The second kappa shape index (κ2) is 9.19. The van der Waals surface area contributed by atoms with Gasteiger partial charge in [-0.3, -0.25) is 20.4 Å². The van der Waals surface area contributed by atoms with E-state index in [2.05, 4.69) is 21.3 Å². The molecule has 0 saturated carbocycles. The molecule has 0 unspecified atom stereocenters. The van der Waals surface area contributed by atoms with E-state index in [1.165, 1.54) is 0 Å². The number of hydrazine groups is 1. The fourth-order valence-corrected chi connectivity index (χ4v) is 3.91. The molecule has 0 atom stereocenters. The summed E-state index contributed by atoms with van der Waals surface area (Å²) in [4.78, 5) is 30.9. The van der Waals surface area contributed by atoms with Crippen molar-refractivity contribution in [3.63, 3.8) is 0 Å². The summed E-state index contributed by atoms with van der Waals surface area (Å²) >= 11 is 1.54. The Balaban J connectivity index is 1.51. The summed E-state index contributed by atoms with van der Waals surface area (Å²) in [6, 6.07) is 13.4. The molecule has 0 saturated heterocycles. The number of nitrogens with one attached hydrogen (secondary N) is 3. The standard InChI is InChI=1S/C23H24N6O2S/c1-14(2)29-22-18(12-25-29)17(11-19(26-22)20-5-4-10-32-20)23(31)28-27-21(30)13-24-16-8-6-15(3)7-9-16/h4-12,14,24H,13H2,1-3H3,(H,27,30)(H,28,31). The van der Waals surface area contributed by atoms with Crippen molar-refractivity contribution in [1.82, 2.24) is 25.6 Å². The van der Waals surface area contributed by atoms with Gasteiger partial charge < -0.3 is 5.32 Å². The Morgan fingerprint density at radius 1 is 1.12 bits per heavy atom. The highest BCUT2D eigenvalue weighted by Crippen LogP contribution is 2.28. The molecular formula is C23H24N6O2S. The molecule has 1 aromatic carbocycles. The van der Waals surface area contributed by atoms with Crippen molar-refractivity contribution in [2.24, 2.45) is 0 Å². The second-order valence-electron chi connectivity index (χ2n) is 7.67. The van der Waals surface area contributed by atoms with E-state index < -0.39 is 5.91 Å². The Morgan fingerprint density at radius 2 is 1.91 bits per heavy atom. The SMILES string of the molecule is Cc1ccc(NCC(=O)NNC(=O)c2cc(-c3cccs3)nc3c2cnn3C(C)C)cc1. The molecule has 4 rings (SSSR count). The Labute approximate surface area is 189 Å². The van der Waals surface area contributed by atoms with Gasteiger partial charge in [0.2, 0.25) is 0 Å². The van der Waals surface area contributed by atoms with Crippen molar-refractivity contribution in [2.45, 2.75) is 26.8 Å². The van der Waals surface area contributed by atoms with Gasteiger partial charge in [0.25, 0.3) is 11.8 Å². The van der Waals surface area contributed by atoms with Crippen LogP contribution in [0.3, 0.4) is 0 Å². The molecule has 0 fully saturated rings. The molecule has 164 valence electrons. The normalized spacial score (nSPS) is 11.0. The molecule has 32 heavy (non-hydrogen) atoms. The summed E-state index contributed by atoms with van der Waals surface area (Å²) < 4.78 is 1.79. The van der Waals surface area contributed by atoms with E-state index >= 15 is 0 Å². The number of nitrogens with zero attached hydrogens (tertiary/aromatic N) is 3. The summed E-state index contributed by atoms with van der Waals surface area (Å²) in [6.07, 6.45) is 1.64. The number of aryl methyl sites for hydroxylation is 1. The maximum Gasteiger partial charge on any atom is 0.270 e. The number of thiophene rings is 1. The van der Waals surface area contributed by atoms with Gasteiger partial charge in [-0.15, -0.1) is 11.3 Å². The lowest BCUT2D eigenvalue weighted by Gasteiger charge is -2.11. The Morgan fingerprint density at radius 3 is 2.59 bits per heavy atom. The molecule has 0 aliphatic carbocycles. The van der Waals surface area contributed by atoms with E-state index in [1.807, 2.05) is 62.5 Å². The van der Waals surface area contributed by atoms with Crippen LogP contribution >= 0.6 is 11.3 Å². The second-order valence-corrected chi connectivity index (χ2v) is 8.62. The predicted molar refractivity (Wildman–Crippen MR) is 127 cm³/mol. The highest BCUT2D eigenvalue weighted by molar-refractivity contribution is 7.13. The summed E-state index contributed by atoms with van der Waals surface area (Å²) in [5, 5.41) is 10.0. The Hall–Kier alpha value is -3.72. The molecule has 3 heterocycles. The smallest absolute Gasteiger partial charge is 0.270 e. The molecule has 0 spiro atoms. The maximum atomic E-state index is 13.0. The van der Waals surface area contributed by atoms with Crippen LogP contribution in [-0.4, -0.2) is 33.1 Å². The number of amides is 2. The number of aromatic nitrogens is 3. The predicted octanol–water partition coefficient (Wildman–Crippen LogP) is 3.92. The minimum atomic E-state index is -0.429. The first-order chi connectivity index (χ1) is 15.4. The van der Waals surface area contributed by atoms with Crippen LogP contribution < -0.4 is 16.2 Å². The van der Waals surface area contributed by atoms with Gasteiger partial charge in [-0.2, -0.15) is 5.10 Å². The van der Waals surface area contributed by atoms with Gasteiger partial charge in [-0.25, -0.2) is 9.67 Å². The van der Waals surface area contributed by atoms with Crippen molar-refractivity contribution in [2.75, 3.05) is 11.9 Å².